The summed E-state index contributed by atoms with van der Waals surface area (Å²) in [4.78, 5) is 2.33. The molecule has 0 amide bonds. The molecular weight excluding hydrogens is 184 g/mol. The van der Waals surface area contributed by atoms with Crippen molar-refractivity contribution in [2.45, 2.75) is 32.7 Å². The first kappa shape index (κ1) is 12.1. The van der Waals surface area contributed by atoms with Crippen molar-refractivity contribution in [1.29, 1.82) is 0 Å². The van der Waals surface area contributed by atoms with E-state index in [1.54, 1.807) is 0 Å². The van der Waals surface area contributed by atoms with Crippen LogP contribution in [-0.4, -0.2) is 19.1 Å². The van der Waals surface area contributed by atoms with Crippen LogP contribution >= 0.6 is 0 Å². The van der Waals surface area contributed by atoms with Gasteiger partial charge in [0.05, 0.1) is 0 Å². The van der Waals surface area contributed by atoms with Gasteiger partial charge in [0, 0.05) is 24.8 Å². The second kappa shape index (κ2) is 6.46. The Bertz CT molecular complexity index is 258. The lowest BCUT2D eigenvalue weighted by atomic mass is 10.1. The van der Waals surface area contributed by atoms with Crippen molar-refractivity contribution >= 4 is 5.69 Å². The predicted molar refractivity (Wildman–Crippen MR) is 67.2 cm³/mol. The first-order chi connectivity index (χ1) is 7.27. The van der Waals surface area contributed by atoms with Crippen LogP contribution in [-0.2, 0) is 0 Å². The van der Waals surface area contributed by atoms with Crippen LogP contribution in [0.25, 0.3) is 0 Å². The predicted octanol–water partition coefficient (Wildman–Crippen LogP) is 2.64. The molecule has 0 aliphatic carbocycles. The molecule has 1 unspecified atom stereocenters. The summed E-state index contributed by atoms with van der Waals surface area (Å²) in [6.07, 6.45) is 2.26. The van der Waals surface area contributed by atoms with E-state index in [0.29, 0.717) is 0 Å². The van der Waals surface area contributed by atoms with Crippen LogP contribution in [0.5, 0.6) is 0 Å². The number of benzene rings is 1. The molecule has 0 saturated heterocycles. The largest absolute Gasteiger partial charge is 0.370 e. The minimum Gasteiger partial charge on any atom is -0.370 e. The first-order valence-corrected chi connectivity index (χ1v) is 5.83. The molecule has 0 bridgehead atoms. The Morgan fingerprint density at radius 3 is 2.40 bits per heavy atom. The Labute approximate surface area is 93.1 Å². The highest BCUT2D eigenvalue weighted by Crippen LogP contribution is 2.13. The summed E-state index contributed by atoms with van der Waals surface area (Å²) in [5, 5.41) is 0. The van der Waals surface area contributed by atoms with Crippen LogP contribution in [0.2, 0.25) is 0 Å². The van der Waals surface area contributed by atoms with Gasteiger partial charge in [-0.2, -0.15) is 0 Å². The van der Waals surface area contributed by atoms with Gasteiger partial charge in [-0.1, -0.05) is 31.5 Å². The minimum atomic E-state index is 0.287. The fourth-order valence-electron chi connectivity index (χ4n) is 1.80. The topological polar surface area (TPSA) is 29.3 Å². The van der Waals surface area contributed by atoms with Crippen LogP contribution in [0.1, 0.15) is 26.7 Å². The number of hydrogen-bond acceptors (Lipinski definition) is 2. The fourth-order valence-corrected chi connectivity index (χ4v) is 1.80. The summed E-state index contributed by atoms with van der Waals surface area (Å²) >= 11 is 0. The highest BCUT2D eigenvalue weighted by Gasteiger charge is 2.08. The van der Waals surface area contributed by atoms with Crippen LogP contribution in [0.3, 0.4) is 0 Å². The van der Waals surface area contributed by atoms with Gasteiger partial charge in [-0.15, -0.1) is 0 Å². The third-order valence-electron chi connectivity index (χ3n) is 2.62. The highest BCUT2D eigenvalue weighted by atomic mass is 15.1. The number of nitrogens with zero attached hydrogens (tertiary/aromatic N) is 1. The van der Waals surface area contributed by atoms with E-state index in [0.717, 1.165) is 25.9 Å². The maximum Gasteiger partial charge on any atom is 0.0366 e. The van der Waals surface area contributed by atoms with Gasteiger partial charge in [-0.3, -0.25) is 0 Å². The fraction of sp³-hybridized carbons (Fsp3) is 0.538. The van der Waals surface area contributed by atoms with Crippen molar-refractivity contribution in [1.82, 2.24) is 0 Å². The van der Waals surface area contributed by atoms with E-state index in [9.17, 15) is 0 Å². The van der Waals surface area contributed by atoms with Gasteiger partial charge in [0.2, 0.25) is 0 Å². The van der Waals surface area contributed by atoms with Crippen LogP contribution in [0.15, 0.2) is 30.3 Å². The van der Waals surface area contributed by atoms with Gasteiger partial charge < -0.3 is 10.6 Å². The smallest absolute Gasteiger partial charge is 0.0366 e. The van der Waals surface area contributed by atoms with E-state index in [-0.39, 0.29) is 6.04 Å². The van der Waals surface area contributed by atoms with Crippen molar-refractivity contribution < 1.29 is 0 Å². The van der Waals surface area contributed by atoms with Gasteiger partial charge >= 0.3 is 0 Å². The maximum absolute atomic E-state index is 6.06. The molecule has 2 nitrogen and oxygen atoms in total. The summed E-state index contributed by atoms with van der Waals surface area (Å²) in [6, 6.07) is 10.8. The number of anilines is 1. The molecule has 0 heterocycles. The molecule has 1 atom stereocenters. The van der Waals surface area contributed by atoms with Gasteiger partial charge in [-0.05, 0) is 25.5 Å². The summed E-state index contributed by atoms with van der Waals surface area (Å²) < 4.78 is 0. The summed E-state index contributed by atoms with van der Waals surface area (Å²) in [7, 11) is 0. The second-order valence-corrected chi connectivity index (χ2v) is 3.92. The van der Waals surface area contributed by atoms with Crippen molar-refractivity contribution in [3.63, 3.8) is 0 Å². The van der Waals surface area contributed by atoms with Crippen molar-refractivity contribution in [2.24, 2.45) is 5.73 Å². The normalized spacial score (nSPS) is 12.5. The van der Waals surface area contributed by atoms with E-state index < -0.39 is 0 Å². The molecule has 0 radical (unpaired) electrons. The molecule has 0 aromatic heterocycles. The van der Waals surface area contributed by atoms with Crippen molar-refractivity contribution in [3.05, 3.63) is 30.3 Å². The molecule has 2 N–H and O–H groups in total. The molecule has 1 rings (SSSR count). The molecule has 15 heavy (non-hydrogen) atoms. The zero-order chi connectivity index (χ0) is 11.1. The summed E-state index contributed by atoms with van der Waals surface area (Å²) in [5.41, 5.74) is 7.33. The molecule has 0 fully saturated rings. The minimum absolute atomic E-state index is 0.287. The van der Waals surface area contributed by atoms with Gasteiger partial charge in [-0.25, -0.2) is 0 Å². The molecule has 84 valence electrons. The summed E-state index contributed by atoms with van der Waals surface area (Å²) in [5.74, 6) is 0. The van der Waals surface area contributed by atoms with Gasteiger partial charge in [0.15, 0.2) is 0 Å². The number of rotatable bonds is 6. The zero-order valence-electron chi connectivity index (χ0n) is 9.82. The van der Waals surface area contributed by atoms with E-state index in [1.807, 2.05) is 6.07 Å². The molecule has 1 aromatic carbocycles. The van der Waals surface area contributed by atoms with Crippen molar-refractivity contribution in [3.8, 4) is 0 Å². The van der Waals surface area contributed by atoms with E-state index in [2.05, 4.69) is 43.0 Å². The monoisotopic (exact) mass is 206 g/mol. The number of para-hydroxylation sites is 1. The Balaban J connectivity index is 2.56. The Morgan fingerprint density at radius 1 is 1.20 bits per heavy atom. The third kappa shape index (κ3) is 3.92. The maximum atomic E-state index is 6.06. The molecule has 0 aliphatic heterocycles. The van der Waals surface area contributed by atoms with Crippen LogP contribution in [0, 0.1) is 0 Å². The average molecular weight is 206 g/mol. The number of likely N-dealkylation sites (N-methyl/N-ethyl adjacent to an activating group) is 1. The van der Waals surface area contributed by atoms with Crippen LogP contribution in [0.4, 0.5) is 5.69 Å². The molecule has 2 heteroatoms. The lowest BCUT2D eigenvalue weighted by Gasteiger charge is -2.26. The molecule has 0 aliphatic rings. The number of hydrogen-bond donors (Lipinski definition) is 1. The Kier molecular flexibility index (Phi) is 5.19. The zero-order valence-corrected chi connectivity index (χ0v) is 9.82. The van der Waals surface area contributed by atoms with E-state index in [1.165, 1.54) is 5.69 Å². The molecule has 0 spiro atoms. The van der Waals surface area contributed by atoms with Gasteiger partial charge in [0.1, 0.15) is 0 Å². The summed E-state index contributed by atoms with van der Waals surface area (Å²) in [6.45, 7) is 6.32. The molecule has 1 aromatic rings. The SMILES string of the molecule is CCCC(N)CN(CC)c1ccccc1. The lowest BCUT2D eigenvalue weighted by molar-refractivity contribution is 0.586. The van der Waals surface area contributed by atoms with Gasteiger partial charge in [0.25, 0.3) is 0 Å². The van der Waals surface area contributed by atoms with E-state index in [4.69, 9.17) is 5.73 Å². The van der Waals surface area contributed by atoms with Crippen LogP contribution < -0.4 is 10.6 Å². The van der Waals surface area contributed by atoms with E-state index >= 15 is 0 Å². The highest BCUT2D eigenvalue weighted by molar-refractivity contribution is 5.45. The Hall–Kier alpha value is -1.02. The standard InChI is InChI=1S/C13H22N2/c1-3-8-12(14)11-15(4-2)13-9-6-5-7-10-13/h5-7,9-10,12H,3-4,8,11,14H2,1-2H3. The Morgan fingerprint density at radius 2 is 1.87 bits per heavy atom. The third-order valence-corrected chi connectivity index (χ3v) is 2.62. The molecular formula is C13H22N2. The number of nitrogens with two attached hydrogens (primary N) is 1. The average Bonchev–Trinajstić information content (AvgIpc) is 2.27. The van der Waals surface area contributed by atoms with Crippen molar-refractivity contribution in [2.75, 3.05) is 18.0 Å². The lowest BCUT2D eigenvalue weighted by Crippen LogP contribution is -2.37. The second-order valence-electron chi connectivity index (χ2n) is 3.92. The molecule has 0 saturated carbocycles. The quantitative estimate of drug-likeness (QED) is 0.775. The first-order valence-electron chi connectivity index (χ1n) is 5.83.